The lowest BCUT2D eigenvalue weighted by Gasteiger charge is -2.16. The summed E-state index contributed by atoms with van der Waals surface area (Å²) in [6.45, 7) is 1.66. The molecule has 1 aromatic heterocycles. The van der Waals surface area contributed by atoms with E-state index in [1.165, 1.54) is 6.07 Å². The molecule has 108 valence electrons. The van der Waals surface area contributed by atoms with E-state index in [2.05, 4.69) is 20.6 Å². The van der Waals surface area contributed by atoms with Gasteiger partial charge in [-0.1, -0.05) is 0 Å². The number of halogens is 1. The van der Waals surface area contributed by atoms with Gasteiger partial charge in [-0.3, -0.25) is 0 Å². The highest BCUT2D eigenvalue weighted by Gasteiger charge is 2.13. The van der Waals surface area contributed by atoms with Crippen molar-refractivity contribution in [2.75, 3.05) is 11.9 Å². The molecule has 2 N–H and O–H groups in total. The Morgan fingerprint density at radius 3 is 3.14 bits per heavy atom. The predicted octanol–water partition coefficient (Wildman–Crippen LogP) is 1.93. The first-order valence-corrected chi connectivity index (χ1v) is 7.53. The molecule has 2 aromatic rings. The molecule has 0 radical (unpaired) electrons. The number of hydrogen-bond donors (Lipinski definition) is 2. The molecule has 0 atom stereocenters. The van der Waals surface area contributed by atoms with Crippen molar-refractivity contribution < 1.29 is 8.60 Å². The Morgan fingerprint density at radius 2 is 2.33 bits per heavy atom. The van der Waals surface area contributed by atoms with Crippen LogP contribution in [-0.2, 0) is 34.6 Å². The quantitative estimate of drug-likeness (QED) is 0.845. The molecule has 7 heteroatoms. The van der Waals surface area contributed by atoms with Gasteiger partial charge in [-0.05, 0) is 36.7 Å². The molecular weight excluding hydrogens is 291 g/mol. The second-order valence-electron chi connectivity index (χ2n) is 4.79. The lowest BCUT2D eigenvalue weighted by atomic mass is 10.1. The third-order valence-corrected chi connectivity index (χ3v) is 3.77. The fourth-order valence-corrected chi connectivity index (χ4v) is 2.59. The van der Waals surface area contributed by atoms with Gasteiger partial charge in [-0.2, -0.15) is 0 Å². The van der Waals surface area contributed by atoms with Crippen LogP contribution in [-0.4, -0.2) is 16.5 Å². The molecule has 0 amide bonds. The zero-order valence-corrected chi connectivity index (χ0v) is 12.0. The molecule has 1 aromatic carbocycles. The van der Waals surface area contributed by atoms with Crippen LogP contribution < -0.4 is 10.6 Å². The van der Waals surface area contributed by atoms with Crippen LogP contribution in [0.2, 0.25) is 0 Å². The van der Waals surface area contributed by atoms with E-state index in [0.717, 1.165) is 30.8 Å². The maximum atomic E-state index is 13.8. The van der Waals surface area contributed by atoms with E-state index in [9.17, 15) is 8.60 Å². The van der Waals surface area contributed by atoms with Gasteiger partial charge in [0.2, 0.25) is 5.95 Å². The molecule has 0 unspecified atom stereocenters. The van der Waals surface area contributed by atoms with E-state index in [1.807, 2.05) is 6.20 Å². The van der Waals surface area contributed by atoms with Crippen molar-refractivity contribution in [2.24, 2.45) is 0 Å². The molecule has 0 spiro atoms. The van der Waals surface area contributed by atoms with E-state index in [0.29, 0.717) is 28.9 Å². The van der Waals surface area contributed by atoms with Crippen molar-refractivity contribution in [3.63, 3.8) is 0 Å². The van der Waals surface area contributed by atoms with Crippen molar-refractivity contribution in [3.8, 4) is 0 Å². The first kappa shape index (κ1) is 14.0. The number of fused-ring (bicyclic) bond motifs is 1. The average molecular weight is 305 g/mol. The third kappa shape index (κ3) is 3.20. The van der Waals surface area contributed by atoms with E-state index < -0.39 is 5.82 Å². The van der Waals surface area contributed by atoms with Crippen LogP contribution >= 0.6 is 0 Å². The Morgan fingerprint density at radius 1 is 1.43 bits per heavy atom. The van der Waals surface area contributed by atoms with Gasteiger partial charge in [0, 0.05) is 22.6 Å². The summed E-state index contributed by atoms with van der Waals surface area (Å²) in [4.78, 5) is 8.68. The summed E-state index contributed by atoms with van der Waals surface area (Å²) in [6.07, 6.45) is 2.73. The number of rotatable bonds is 4. The molecule has 2 heterocycles. The third-order valence-electron chi connectivity index (χ3n) is 3.34. The minimum Gasteiger partial charge on any atom is -0.324 e. The first-order chi connectivity index (χ1) is 10.3. The molecule has 0 saturated heterocycles. The molecule has 0 fully saturated rings. The Balaban J connectivity index is 1.80. The average Bonchev–Trinajstić information content (AvgIpc) is 2.50. The minimum atomic E-state index is -0.400. The fraction of sp³-hybridized carbons (Fsp3) is 0.286. The number of benzene rings is 1. The maximum absolute atomic E-state index is 13.8. The Labute approximate surface area is 125 Å². The molecule has 0 aliphatic carbocycles. The van der Waals surface area contributed by atoms with Crippen LogP contribution in [0.25, 0.3) is 0 Å². The van der Waals surface area contributed by atoms with Crippen molar-refractivity contribution >= 4 is 23.3 Å². The summed E-state index contributed by atoms with van der Waals surface area (Å²) in [5, 5.41) is 6.24. The molecular formula is C14H14FN4OS+. The lowest BCUT2D eigenvalue weighted by Crippen LogP contribution is -2.25. The van der Waals surface area contributed by atoms with Crippen molar-refractivity contribution in [2.45, 2.75) is 18.7 Å². The zero-order chi connectivity index (χ0) is 14.7. The summed E-state index contributed by atoms with van der Waals surface area (Å²) in [6, 6.07) is 4.67. The van der Waals surface area contributed by atoms with Gasteiger partial charge >= 0.3 is 11.7 Å². The van der Waals surface area contributed by atoms with Gasteiger partial charge in [-0.15, -0.1) is 0 Å². The monoisotopic (exact) mass is 305 g/mol. The lowest BCUT2D eigenvalue weighted by molar-refractivity contribution is 0.599. The van der Waals surface area contributed by atoms with Crippen molar-refractivity contribution in [3.05, 3.63) is 47.0 Å². The van der Waals surface area contributed by atoms with Crippen molar-refractivity contribution in [1.29, 1.82) is 0 Å². The molecule has 1 aliphatic heterocycles. The second kappa shape index (κ2) is 6.19. The van der Waals surface area contributed by atoms with Gasteiger partial charge in [-0.25, -0.2) is 14.4 Å². The standard InChI is InChI=1S/C14H14FN4OS/c15-12-5-11(2-1-10(12)8-21-20)18-14-17-6-9-3-4-16-7-13(9)19-14/h1-2,5-6,16H,3-4,7-8H2,(H,17,18,19)/q+1. The summed E-state index contributed by atoms with van der Waals surface area (Å²) in [7, 11) is 0. The maximum Gasteiger partial charge on any atom is 0.463 e. The molecule has 1 aliphatic rings. The molecule has 5 nitrogen and oxygen atoms in total. The summed E-state index contributed by atoms with van der Waals surface area (Å²) >= 11 is 0.352. The van der Waals surface area contributed by atoms with Crippen LogP contribution in [0.4, 0.5) is 16.0 Å². The number of aromatic nitrogens is 2. The summed E-state index contributed by atoms with van der Waals surface area (Å²) in [5.74, 6) is 0.165. The van der Waals surface area contributed by atoms with Gasteiger partial charge in [0.15, 0.2) is 0 Å². The van der Waals surface area contributed by atoms with Gasteiger partial charge in [0.1, 0.15) is 5.82 Å². The van der Waals surface area contributed by atoms with Crippen molar-refractivity contribution in [1.82, 2.24) is 15.3 Å². The second-order valence-corrected chi connectivity index (χ2v) is 5.31. The minimum absolute atomic E-state index is 0.118. The highest BCUT2D eigenvalue weighted by Crippen LogP contribution is 2.19. The Bertz CT molecular complexity index is 680. The first-order valence-electron chi connectivity index (χ1n) is 6.62. The molecule has 0 bridgehead atoms. The van der Waals surface area contributed by atoms with Crippen LogP contribution in [0.3, 0.4) is 0 Å². The summed E-state index contributed by atoms with van der Waals surface area (Å²) in [5.41, 5.74) is 3.08. The Hall–Kier alpha value is -1.99. The zero-order valence-electron chi connectivity index (χ0n) is 11.2. The van der Waals surface area contributed by atoms with E-state index in [1.54, 1.807) is 12.1 Å². The largest absolute Gasteiger partial charge is 0.463 e. The number of nitrogens with zero attached hydrogens (tertiary/aromatic N) is 2. The number of hydrogen-bond acceptors (Lipinski definition) is 5. The van der Waals surface area contributed by atoms with E-state index in [-0.39, 0.29) is 5.75 Å². The van der Waals surface area contributed by atoms with Gasteiger partial charge in [0.25, 0.3) is 5.75 Å². The highest BCUT2D eigenvalue weighted by atomic mass is 32.1. The fourth-order valence-electron chi connectivity index (χ4n) is 2.23. The van der Waals surface area contributed by atoms with Crippen LogP contribution in [0, 0.1) is 5.82 Å². The SMILES string of the molecule is O=[S+]Cc1ccc(Nc2ncc3c(n2)CNCC3)cc1F. The van der Waals surface area contributed by atoms with E-state index in [4.69, 9.17) is 0 Å². The smallest absolute Gasteiger partial charge is 0.324 e. The van der Waals surface area contributed by atoms with Gasteiger partial charge < -0.3 is 10.6 Å². The molecule has 3 rings (SSSR count). The van der Waals surface area contributed by atoms with Crippen LogP contribution in [0.15, 0.2) is 24.4 Å². The number of anilines is 2. The highest BCUT2D eigenvalue weighted by molar-refractivity contribution is 7.64. The normalized spacial score (nSPS) is 13.6. The predicted molar refractivity (Wildman–Crippen MR) is 78.9 cm³/mol. The Kier molecular flexibility index (Phi) is 4.12. The number of nitrogens with one attached hydrogen (secondary N) is 2. The van der Waals surface area contributed by atoms with E-state index >= 15 is 0 Å². The molecule has 21 heavy (non-hydrogen) atoms. The summed E-state index contributed by atoms with van der Waals surface area (Å²) < 4.78 is 24.2. The van der Waals surface area contributed by atoms with Gasteiger partial charge in [0.05, 0.1) is 11.3 Å². The van der Waals surface area contributed by atoms with Crippen LogP contribution in [0.1, 0.15) is 16.8 Å². The van der Waals surface area contributed by atoms with Crippen LogP contribution in [0.5, 0.6) is 0 Å². The topological polar surface area (TPSA) is 66.9 Å². The molecule has 0 saturated carbocycles.